The molecule has 2 aromatic heterocycles. The predicted molar refractivity (Wildman–Crippen MR) is 172 cm³/mol. The second-order valence-corrected chi connectivity index (χ2v) is 14.6. The number of H-pyrrole nitrogens is 1. The third-order valence-electron chi connectivity index (χ3n) is 9.19. The molecule has 8 heteroatoms. The number of rotatable bonds is 6. The molecule has 2 aliphatic heterocycles. The van der Waals surface area contributed by atoms with Gasteiger partial charge in [0, 0.05) is 91.2 Å². The Morgan fingerprint density at radius 2 is 1.60 bits per heavy atom. The van der Waals surface area contributed by atoms with Gasteiger partial charge in [0.15, 0.2) is 0 Å². The number of nitrogens with one attached hydrogen (secondary N) is 1. The van der Waals surface area contributed by atoms with Crippen LogP contribution >= 0.6 is 0 Å². The van der Waals surface area contributed by atoms with Crippen molar-refractivity contribution in [3.63, 3.8) is 0 Å². The van der Waals surface area contributed by atoms with Crippen molar-refractivity contribution in [3.8, 4) is 22.3 Å². The van der Waals surface area contributed by atoms with Crippen LogP contribution in [0.15, 0.2) is 64.1 Å². The Kier molecular flexibility index (Phi) is 7.32. The molecule has 7 nitrogen and oxygen atoms in total. The highest BCUT2D eigenvalue weighted by Crippen LogP contribution is 2.35. The number of aromatic nitrogens is 2. The van der Waals surface area contributed by atoms with E-state index in [1.54, 1.807) is 6.26 Å². The first-order valence-corrected chi connectivity index (χ1v) is 17.3. The molecule has 1 aliphatic carbocycles. The number of hydrogen-bond donors (Lipinski definition) is 1. The van der Waals surface area contributed by atoms with Gasteiger partial charge in [-0.2, -0.15) is 0 Å². The van der Waals surface area contributed by atoms with Crippen LogP contribution in [0.2, 0.25) is 0 Å². The second kappa shape index (κ2) is 11.1. The normalized spacial score (nSPS) is 20.1. The van der Waals surface area contributed by atoms with E-state index in [9.17, 15) is 4.21 Å². The minimum atomic E-state index is -2.35. The van der Waals surface area contributed by atoms with Crippen LogP contribution in [-0.2, 0) is 14.5 Å². The average Bonchev–Trinajstić information content (AvgIpc) is 3.71. The number of fused-ring (bicyclic) bond motifs is 1. The smallest absolute Gasteiger partial charge is 0.137 e. The van der Waals surface area contributed by atoms with Gasteiger partial charge in [0.25, 0.3) is 0 Å². The van der Waals surface area contributed by atoms with Crippen molar-refractivity contribution in [2.75, 3.05) is 50.5 Å². The van der Waals surface area contributed by atoms with E-state index in [2.05, 4.69) is 63.3 Å². The van der Waals surface area contributed by atoms with E-state index in [1.807, 2.05) is 24.5 Å². The predicted octanol–water partition coefficient (Wildman–Crippen LogP) is 6.43. The molecule has 2 saturated heterocycles. The van der Waals surface area contributed by atoms with E-state index >= 15 is 0 Å². The minimum absolute atomic E-state index is 0.272. The summed E-state index contributed by atoms with van der Waals surface area (Å²) in [6.45, 7) is 10.7. The quantitative estimate of drug-likeness (QED) is 0.283. The zero-order valence-electron chi connectivity index (χ0n) is 24.9. The SMILES string of the molecule is Cc1cc(-c2cnc3[nH]cc(-c4ccc(S(C)(=O)=NC5CC5)cc4)c3c2)cc(C)c1N1CCN(C2CCOCC2)CC1. The lowest BCUT2D eigenvalue weighted by Crippen LogP contribution is -2.52. The minimum Gasteiger partial charge on any atom is -0.381 e. The molecule has 220 valence electrons. The van der Waals surface area contributed by atoms with Crippen molar-refractivity contribution in [1.29, 1.82) is 0 Å². The van der Waals surface area contributed by atoms with Crippen LogP contribution in [-0.4, -0.2) is 76.8 Å². The Labute approximate surface area is 249 Å². The largest absolute Gasteiger partial charge is 0.381 e. The third kappa shape index (κ3) is 5.48. The fourth-order valence-electron chi connectivity index (χ4n) is 6.79. The van der Waals surface area contributed by atoms with Gasteiger partial charge < -0.3 is 14.6 Å². The first kappa shape index (κ1) is 27.6. The van der Waals surface area contributed by atoms with Gasteiger partial charge in [0.2, 0.25) is 0 Å². The van der Waals surface area contributed by atoms with E-state index in [0.717, 1.165) is 97.7 Å². The zero-order valence-corrected chi connectivity index (χ0v) is 25.8. The molecular weight excluding hydrogens is 542 g/mol. The summed E-state index contributed by atoms with van der Waals surface area (Å²) < 4.78 is 23.3. The van der Waals surface area contributed by atoms with E-state index < -0.39 is 9.73 Å². The molecule has 2 aromatic carbocycles. The highest BCUT2D eigenvalue weighted by molar-refractivity contribution is 7.93. The van der Waals surface area contributed by atoms with Crippen molar-refractivity contribution in [3.05, 3.63) is 66.0 Å². The Bertz CT molecular complexity index is 1700. The average molecular weight is 584 g/mol. The standard InChI is InChI=1S/C34H41N5O2S/c1-23-18-26(19-24(2)33(23)39-14-12-38(13-15-39)29-10-16-41-17-11-29)27-20-31-32(22-36-34(31)35-21-27)25-4-8-30(9-5-25)42(3,40)37-28-6-7-28/h4-5,8-9,18-22,28-29H,6-7,10-17H2,1-3H3,(H,35,36). The van der Waals surface area contributed by atoms with E-state index in [1.165, 1.54) is 22.4 Å². The lowest BCUT2D eigenvalue weighted by atomic mass is 9.97. The third-order valence-corrected chi connectivity index (χ3v) is 11.0. The number of benzene rings is 2. The van der Waals surface area contributed by atoms with Crippen molar-refractivity contribution in [2.24, 2.45) is 4.36 Å². The summed E-state index contributed by atoms with van der Waals surface area (Å²) in [5.41, 5.74) is 9.36. The molecule has 42 heavy (non-hydrogen) atoms. The number of anilines is 1. The van der Waals surface area contributed by atoms with Gasteiger partial charge in [-0.1, -0.05) is 12.1 Å². The fraction of sp³-hybridized carbons (Fsp3) is 0.441. The van der Waals surface area contributed by atoms with E-state index in [-0.39, 0.29) is 6.04 Å². The van der Waals surface area contributed by atoms with Crippen molar-refractivity contribution in [2.45, 2.75) is 56.5 Å². The highest BCUT2D eigenvalue weighted by atomic mass is 32.2. The van der Waals surface area contributed by atoms with Crippen LogP contribution in [0, 0.1) is 13.8 Å². The van der Waals surface area contributed by atoms with E-state index in [4.69, 9.17) is 9.72 Å². The Balaban J connectivity index is 1.13. The number of aryl methyl sites for hydroxylation is 2. The van der Waals surface area contributed by atoms with Crippen LogP contribution in [0.25, 0.3) is 33.3 Å². The Morgan fingerprint density at radius 3 is 2.26 bits per heavy atom. The van der Waals surface area contributed by atoms with Gasteiger partial charge in [-0.3, -0.25) is 4.90 Å². The van der Waals surface area contributed by atoms with Crippen LogP contribution in [0.5, 0.6) is 0 Å². The summed E-state index contributed by atoms with van der Waals surface area (Å²) >= 11 is 0. The van der Waals surface area contributed by atoms with Gasteiger partial charge in [-0.05, 0) is 92.1 Å². The molecule has 1 atom stereocenters. The van der Waals surface area contributed by atoms with Gasteiger partial charge in [0.05, 0.1) is 15.8 Å². The second-order valence-electron chi connectivity index (χ2n) is 12.3. The number of piperazine rings is 1. The molecule has 0 radical (unpaired) electrons. The number of aromatic amines is 1. The van der Waals surface area contributed by atoms with Gasteiger partial charge in [-0.25, -0.2) is 13.6 Å². The summed E-state index contributed by atoms with van der Waals surface area (Å²) in [6.07, 6.45) is 10.2. The molecule has 0 amide bonds. The molecule has 1 unspecified atom stereocenters. The summed E-state index contributed by atoms with van der Waals surface area (Å²) in [6, 6.07) is 15.9. The maximum atomic E-state index is 13.1. The lowest BCUT2D eigenvalue weighted by molar-refractivity contribution is 0.0321. The first-order valence-electron chi connectivity index (χ1n) is 15.3. The lowest BCUT2D eigenvalue weighted by Gasteiger charge is -2.42. The number of hydrogen-bond acceptors (Lipinski definition) is 6. The van der Waals surface area contributed by atoms with Crippen molar-refractivity contribution in [1.82, 2.24) is 14.9 Å². The summed E-state index contributed by atoms with van der Waals surface area (Å²) in [4.78, 5) is 14.2. The number of pyridine rings is 1. The van der Waals surface area contributed by atoms with Crippen LogP contribution in [0.4, 0.5) is 5.69 Å². The molecule has 1 saturated carbocycles. The topological polar surface area (TPSA) is 73.8 Å². The number of nitrogens with zero attached hydrogens (tertiary/aromatic N) is 4. The Hall–Kier alpha value is -3.20. The van der Waals surface area contributed by atoms with E-state index in [0.29, 0.717) is 6.04 Å². The molecule has 7 rings (SSSR count). The van der Waals surface area contributed by atoms with Gasteiger partial charge in [0.1, 0.15) is 5.65 Å². The van der Waals surface area contributed by atoms with Crippen molar-refractivity contribution < 1.29 is 8.95 Å². The summed E-state index contributed by atoms with van der Waals surface area (Å²) in [5.74, 6) is 0. The van der Waals surface area contributed by atoms with Crippen molar-refractivity contribution >= 4 is 26.4 Å². The zero-order chi connectivity index (χ0) is 28.8. The number of ether oxygens (including phenoxy) is 1. The Morgan fingerprint density at radius 1 is 0.905 bits per heavy atom. The van der Waals surface area contributed by atoms with Crippen LogP contribution < -0.4 is 4.90 Å². The molecule has 3 aliphatic rings. The molecule has 1 N–H and O–H groups in total. The molecular formula is C34H41N5O2S. The molecule has 4 aromatic rings. The molecule has 0 bridgehead atoms. The van der Waals surface area contributed by atoms with Crippen LogP contribution in [0.1, 0.15) is 36.8 Å². The highest BCUT2D eigenvalue weighted by Gasteiger charge is 2.27. The maximum absolute atomic E-state index is 13.1. The molecule has 3 fully saturated rings. The summed E-state index contributed by atoms with van der Waals surface area (Å²) in [7, 11) is -2.35. The molecule has 0 spiro atoms. The van der Waals surface area contributed by atoms with Gasteiger partial charge in [-0.15, -0.1) is 0 Å². The maximum Gasteiger partial charge on any atom is 0.137 e. The molecule has 4 heterocycles. The van der Waals surface area contributed by atoms with Gasteiger partial charge >= 0.3 is 0 Å². The fourth-order valence-corrected chi connectivity index (χ4v) is 8.34. The first-order chi connectivity index (χ1) is 20.4. The van der Waals surface area contributed by atoms with Crippen LogP contribution in [0.3, 0.4) is 0 Å². The monoisotopic (exact) mass is 583 g/mol. The summed E-state index contributed by atoms with van der Waals surface area (Å²) in [5, 5.41) is 1.09.